The molecule has 0 aromatic carbocycles. The molecule has 16 heavy (non-hydrogen) atoms. The Labute approximate surface area is 97.1 Å². The third kappa shape index (κ3) is 4.54. The van der Waals surface area contributed by atoms with Crippen LogP contribution in [0, 0.1) is 11.8 Å². The number of hydrogen-bond acceptors (Lipinski definition) is 3. The van der Waals surface area contributed by atoms with E-state index >= 15 is 0 Å². The highest BCUT2D eigenvalue weighted by Crippen LogP contribution is 2.11. The number of carbonyl (C=O) groups is 1. The van der Waals surface area contributed by atoms with E-state index in [9.17, 15) is 4.79 Å². The number of ether oxygens (including phenoxy) is 1. The molecule has 1 fully saturated rings. The van der Waals surface area contributed by atoms with E-state index in [2.05, 4.69) is 22.5 Å². The van der Waals surface area contributed by atoms with Gasteiger partial charge in [0.2, 0.25) is 0 Å². The van der Waals surface area contributed by atoms with E-state index in [1.807, 2.05) is 13.8 Å². The van der Waals surface area contributed by atoms with Gasteiger partial charge in [0.05, 0.1) is 6.04 Å². The number of hydrogen-bond donors (Lipinski definition) is 2. The molecule has 0 aromatic rings. The summed E-state index contributed by atoms with van der Waals surface area (Å²) < 4.78 is 5.06. The van der Waals surface area contributed by atoms with Crippen LogP contribution in [0.5, 0.6) is 0 Å². The highest BCUT2D eigenvalue weighted by molar-refractivity contribution is 5.66. The highest BCUT2D eigenvalue weighted by Gasteiger charge is 2.22. The summed E-state index contributed by atoms with van der Waals surface area (Å²) in [6.45, 7) is 4.93. The minimum Gasteiger partial charge on any atom is -0.448 e. The van der Waals surface area contributed by atoms with Gasteiger partial charge in [-0.1, -0.05) is 12.8 Å². The summed E-state index contributed by atoms with van der Waals surface area (Å²) in [6, 6.07) is 0.515. The van der Waals surface area contributed by atoms with E-state index in [-0.39, 0.29) is 18.2 Å². The molecular formula is C12H20N2O2. The van der Waals surface area contributed by atoms with Gasteiger partial charge in [0, 0.05) is 19.0 Å². The zero-order valence-corrected chi connectivity index (χ0v) is 10.0. The van der Waals surface area contributed by atoms with Gasteiger partial charge in [-0.15, -0.1) is 5.92 Å². The van der Waals surface area contributed by atoms with Gasteiger partial charge in [-0.05, 0) is 19.8 Å². The summed E-state index contributed by atoms with van der Waals surface area (Å²) in [5, 5.41) is 5.94. The average molecular weight is 224 g/mol. The predicted molar refractivity (Wildman–Crippen MR) is 63.0 cm³/mol. The first kappa shape index (κ1) is 12.9. The van der Waals surface area contributed by atoms with Crippen LogP contribution >= 0.6 is 0 Å². The molecule has 1 heterocycles. The maximum absolute atomic E-state index is 11.1. The zero-order chi connectivity index (χ0) is 11.8. The van der Waals surface area contributed by atoms with Crippen molar-refractivity contribution in [1.82, 2.24) is 10.6 Å². The number of nitrogens with one attached hydrogen (secondary N) is 2. The molecular weight excluding hydrogens is 204 g/mol. The van der Waals surface area contributed by atoms with Crippen LogP contribution in [0.2, 0.25) is 0 Å². The molecule has 0 spiro atoms. The molecule has 0 radical (unpaired) electrons. The van der Waals surface area contributed by atoms with Crippen molar-refractivity contribution in [2.45, 2.75) is 45.2 Å². The Morgan fingerprint density at radius 3 is 3.00 bits per heavy atom. The summed E-state index contributed by atoms with van der Waals surface area (Å²) >= 11 is 0. The second kappa shape index (κ2) is 7.13. The Morgan fingerprint density at radius 1 is 1.50 bits per heavy atom. The first-order valence-electron chi connectivity index (χ1n) is 5.91. The summed E-state index contributed by atoms with van der Waals surface area (Å²) in [5.41, 5.74) is 0. The van der Waals surface area contributed by atoms with E-state index in [4.69, 9.17) is 4.74 Å². The molecule has 1 aliphatic heterocycles. The Kier molecular flexibility index (Phi) is 5.73. The molecule has 0 bridgehead atoms. The van der Waals surface area contributed by atoms with Gasteiger partial charge in [0.1, 0.15) is 6.61 Å². The Hall–Kier alpha value is -1.21. The van der Waals surface area contributed by atoms with Crippen molar-refractivity contribution >= 4 is 6.09 Å². The van der Waals surface area contributed by atoms with Gasteiger partial charge in [-0.25, -0.2) is 4.79 Å². The van der Waals surface area contributed by atoms with Crippen LogP contribution in [0.1, 0.15) is 33.1 Å². The standard InChI is InChI=1S/C12H20N2O2/c1-3-5-6-10-7-8-11(14-10)9-16-12(15)13-4-2/h10-11,14H,3-4,7-9H2,1-2H3,(H,13,15)/t10?,11-/m1/s1. The van der Waals surface area contributed by atoms with Crippen molar-refractivity contribution in [2.75, 3.05) is 13.2 Å². The van der Waals surface area contributed by atoms with Gasteiger partial charge in [0.25, 0.3) is 0 Å². The molecule has 4 heteroatoms. The minimum atomic E-state index is -0.340. The van der Waals surface area contributed by atoms with E-state index in [1.54, 1.807) is 0 Å². The molecule has 2 atom stereocenters. The maximum Gasteiger partial charge on any atom is 0.407 e. The topological polar surface area (TPSA) is 50.4 Å². The highest BCUT2D eigenvalue weighted by atomic mass is 16.5. The van der Waals surface area contributed by atoms with Crippen molar-refractivity contribution in [3.63, 3.8) is 0 Å². The predicted octanol–water partition coefficient (Wildman–Crippen LogP) is 1.27. The van der Waals surface area contributed by atoms with Gasteiger partial charge in [0.15, 0.2) is 0 Å². The van der Waals surface area contributed by atoms with Gasteiger partial charge >= 0.3 is 6.09 Å². The lowest BCUT2D eigenvalue weighted by atomic mass is 10.2. The first-order valence-corrected chi connectivity index (χ1v) is 5.91. The summed E-state index contributed by atoms with van der Waals surface area (Å²) in [6.07, 6.45) is 2.60. The SMILES string of the molecule is CCC#CC1CC[C@H](COC(=O)NCC)N1. The molecule has 0 saturated carbocycles. The Morgan fingerprint density at radius 2 is 2.31 bits per heavy atom. The Balaban J connectivity index is 2.19. The van der Waals surface area contributed by atoms with E-state index < -0.39 is 0 Å². The number of alkyl carbamates (subject to hydrolysis) is 1. The first-order chi connectivity index (χ1) is 7.76. The molecule has 1 amide bonds. The quantitative estimate of drug-likeness (QED) is 0.710. The van der Waals surface area contributed by atoms with E-state index in [0.717, 1.165) is 19.3 Å². The third-order valence-corrected chi connectivity index (χ3v) is 2.43. The third-order valence-electron chi connectivity index (χ3n) is 2.43. The Bertz CT molecular complexity index is 280. The van der Waals surface area contributed by atoms with E-state index in [0.29, 0.717) is 13.2 Å². The number of rotatable bonds is 3. The van der Waals surface area contributed by atoms with Gasteiger partial charge < -0.3 is 10.1 Å². The molecule has 0 aromatic heterocycles. The van der Waals surface area contributed by atoms with Crippen molar-refractivity contribution in [3.05, 3.63) is 0 Å². The molecule has 0 aliphatic carbocycles. The summed E-state index contributed by atoms with van der Waals surface area (Å²) in [4.78, 5) is 11.1. The fourth-order valence-corrected chi connectivity index (χ4v) is 1.66. The fourth-order valence-electron chi connectivity index (χ4n) is 1.66. The number of carbonyl (C=O) groups excluding carboxylic acids is 1. The lowest BCUT2D eigenvalue weighted by Crippen LogP contribution is -2.35. The van der Waals surface area contributed by atoms with Crippen LogP contribution in [0.25, 0.3) is 0 Å². The molecule has 1 saturated heterocycles. The molecule has 90 valence electrons. The fraction of sp³-hybridized carbons (Fsp3) is 0.750. The van der Waals surface area contributed by atoms with Crippen molar-refractivity contribution in [3.8, 4) is 11.8 Å². The van der Waals surface area contributed by atoms with E-state index in [1.165, 1.54) is 0 Å². The van der Waals surface area contributed by atoms with Crippen LogP contribution in [0.15, 0.2) is 0 Å². The smallest absolute Gasteiger partial charge is 0.407 e. The average Bonchev–Trinajstić information content (AvgIpc) is 2.72. The number of amides is 1. The van der Waals surface area contributed by atoms with Crippen LogP contribution in [0.4, 0.5) is 4.79 Å². The van der Waals surface area contributed by atoms with Gasteiger partial charge in [-0.3, -0.25) is 5.32 Å². The molecule has 1 unspecified atom stereocenters. The maximum atomic E-state index is 11.1. The minimum absolute atomic E-state index is 0.249. The van der Waals surface area contributed by atoms with Gasteiger partial charge in [-0.2, -0.15) is 0 Å². The second-order valence-electron chi connectivity index (χ2n) is 3.80. The lowest BCUT2D eigenvalue weighted by molar-refractivity contribution is 0.136. The summed E-state index contributed by atoms with van der Waals surface area (Å²) in [5.74, 6) is 6.22. The van der Waals surface area contributed by atoms with Crippen molar-refractivity contribution < 1.29 is 9.53 Å². The van der Waals surface area contributed by atoms with Crippen molar-refractivity contribution in [1.29, 1.82) is 0 Å². The normalized spacial score (nSPS) is 23.4. The van der Waals surface area contributed by atoms with Crippen LogP contribution < -0.4 is 10.6 Å². The lowest BCUT2D eigenvalue weighted by Gasteiger charge is -2.11. The van der Waals surface area contributed by atoms with Crippen LogP contribution in [-0.2, 0) is 4.74 Å². The monoisotopic (exact) mass is 224 g/mol. The molecule has 4 nitrogen and oxygen atoms in total. The molecule has 1 aliphatic rings. The zero-order valence-electron chi connectivity index (χ0n) is 10.0. The second-order valence-corrected chi connectivity index (χ2v) is 3.80. The van der Waals surface area contributed by atoms with Crippen LogP contribution in [-0.4, -0.2) is 31.3 Å². The van der Waals surface area contributed by atoms with Crippen molar-refractivity contribution in [2.24, 2.45) is 0 Å². The summed E-state index contributed by atoms with van der Waals surface area (Å²) in [7, 11) is 0. The largest absolute Gasteiger partial charge is 0.448 e. The molecule has 2 N–H and O–H groups in total. The molecule has 1 rings (SSSR count). The van der Waals surface area contributed by atoms with Crippen LogP contribution in [0.3, 0.4) is 0 Å².